The number of allylic oxidation sites excluding steroid dienone is 4. The summed E-state index contributed by atoms with van der Waals surface area (Å²) in [5.74, 6) is 0.0565. The molecular weight excluding hydrogens is 268 g/mol. The highest BCUT2D eigenvalue weighted by molar-refractivity contribution is 5.79. The molecule has 21 heavy (non-hydrogen) atoms. The Labute approximate surface area is 127 Å². The van der Waals surface area contributed by atoms with Crippen molar-refractivity contribution < 1.29 is 19.4 Å². The van der Waals surface area contributed by atoms with Crippen molar-refractivity contribution >= 4 is 5.97 Å². The fraction of sp³-hybridized carbons (Fsp3) is 0.588. The molecule has 1 heterocycles. The summed E-state index contributed by atoms with van der Waals surface area (Å²) in [5.41, 5.74) is 0. The molecule has 0 radical (unpaired) electrons. The summed E-state index contributed by atoms with van der Waals surface area (Å²) in [6.45, 7) is 5.08. The molecule has 0 aromatic heterocycles. The Hall–Kier alpha value is -1.39. The van der Waals surface area contributed by atoms with E-state index in [1.165, 1.54) is 6.08 Å². The van der Waals surface area contributed by atoms with Crippen molar-refractivity contribution in [2.75, 3.05) is 26.4 Å². The summed E-state index contributed by atoms with van der Waals surface area (Å²) in [4.78, 5) is 10.3. The molecule has 0 bridgehead atoms. The fourth-order valence-corrected chi connectivity index (χ4v) is 2.22. The van der Waals surface area contributed by atoms with Gasteiger partial charge in [0.05, 0.1) is 26.4 Å². The molecule has 1 aliphatic heterocycles. The van der Waals surface area contributed by atoms with Crippen molar-refractivity contribution in [1.29, 1.82) is 0 Å². The molecule has 0 unspecified atom stereocenters. The number of ether oxygens (including phenoxy) is 2. The van der Waals surface area contributed by atoms with Gasteiger partial charge in [-0.3, -0.25) is 0 Å². The Balaban J connectivity index is 2.19. The van der Waals surface area contributed by atoms with Crippen molar-refractivity contribution in [2.24, 2.45) is 11.8 Å². The van der Waals surface area contributed by atoms with Gasteiger partial charge in [0.25, 0.3) is 0 Å². The van der Waals surface area contributed by atoms with E-state index in [0.717, 1.165) is 32.7 Å². The predicted octanol–water partition coefficient (Wildman–Crippen LogP) is 3.21. The van der Waals surface area contributed by atoms with Crippen LogP contribution in [0.25, 0.3) is 0 Å². The number of carboxylic acid groups (broad SMARTS) is 1. The van der Waals surface area contributed by atoms with Crippen LogP contribution in [0, 0.1) is 11.8 Å². The van der Waals surface area contributed by atoms with Gasteiger partial charge in [-0.2, -0.15) is 0 Å². The second-order valence-electron chi connectivity index (χ2n) is 5.16. The van der Waals surface area contributed by atoms with Crippen LogP contribution >= 0.6 is 0 Å². The molecular formula is C17H26O4. The molecule has 0 aromatic carbocycles. The van der Waals surface area contributed by atoms with Gasteiger partial charge in [-0.05, 0) is 25.2 Å². The van der Waals surface area contributed by atoms with E-state index in [0.29, 0.717) is 24.9 Å². The first-order valence-electron chi connectivity index (χ1n) is 7.59. The van der Waals surface area contributed by atoms with Gasteiger partial charge in [0.15, 0.2) is 0 Å². The zero-order chi connectivity index (χ0) is 15.3. The average Bonchev–Trinajstić information content (AvgIpc) is 2.89. The van der Waals surface area contributed by atoms with Gasteiger partial charge in [-0.25, -0.2) is 4.79 Å². The van der Waals surface area contributed by atoms with Crippen molar-refractivity contribution in [3.8, 4) is 0 Å². The minimum absolute atomic E-state index is 0.458. The van der Waals surface area contributed by atoms with Crippen LogP contribution in [-0.2, 0) is 14.3 Å². The van der Waals surface area contributed by atoms with E-state index >= 15 is 0 Å². The maximum atomic E-state index is 10.3. The zero-order valence-electron chi connectivity index (χ0n) is 12.7. The van der Waals surface area contributed by atoms with Gasteiger partial charge in [-0.1, -0.05) is 37.3 Å². The fourth-order valence-electron chi connectivity index (χ4n) is 2.22. The number of carbonyl (C=O) groups is 1. The summed E-state index contributed by atoms with van der Waals surface area (Å²) < 4.78 is 11.2. The smallest absolute Gasteiger partial charge is 0.327 e. The number of hydrogen-bond donors (Lipinski definition) is 1. The van der Waals surface area contributed by atoms with E-state index in [1.807, 2.05) is 6.08 Å². The highest BCUT2D eigenvalue weighted by Gasteiger charge is 2.27. The van der Waals surface area contributed by atoms with Gasteiger partial charge < -0.3 is 14.6 Å². The van der Waals surface area contributed by atoms with E-state index in [-0.39, 0.29) is 0 Å². The van der Waals surface area contributed by atoms with Gasteiger partial charge in [0.2, 0.25) is 0 Å². The molecule has 0 spiro atoms. The molecule has 1 rings (SSSR count). The van der Waals surface area contributed by atoms with Crippen molar-refractivity contribution in [1.82, 2.24) is 0 Å². The third-order valence-corrected chi connectivity index (χ3v) is 3.42. The first kappa shape index (κ1) is 17.7. The Morgan fingerprint density at radius 2 is 2.00 bits per heavy atom. The molecule has 1 fully saturated rings. The quantitative estimate of drug-likeness (QED) is 0.382. The Morgan fingerprint density at radius 1 is 1.19 bits per heavy atom. The highest BCUT2D eigenvalue weighted by Crippen LogP contribution is 2.24. The molecule has 1 aliphatic rings. The molecule has 4 nitrogen and oxygen atoms in total. The van der Waals surface area contributed by atoms with Crippen molar-refractivity contribution in [3.63, 3.8) is 0 Å². The Morgan fingerprint density at radius 3 is 2.76 bits per heavy atom. The standard InChI is InChI=1S/C17H26O4/c1-2-3-8-11-20-13-16-14-21-12-15(16)9-6-4-5-7-10-17(18)19/h3-4,6-8,10,15-16H,2,5,9,11-14H2,1H3,(H,18,19)/b6-4?,8-3?,10-7-/t15-,16+/m1/s1. The minimum atomic E-state index is -0.901. The van der Waals surface area contributed by atoms with Crippen molar-refractivity contribution in [2.45, 2.75) is 26.2 Å². The van der Waals surface area contributed by atoms with Crippen LogP contribution in [0.1, 0.15) is 26.2 Å². The lowest BCUT2D eigenvalue weighted by Crippen LogP contribution is -2.18. The third-order valence-electron chi connectivity index (χ3n) is 3.42. The van der Waals surface area contributed by atoms with E-state index < -0.39 is 5.97 Å². The molecule has 0 amide bonds. The van der Waals surface area contributed by atoms with Gasteiger partial charge in [0, 0.05) is 12.0 Å². The molecule has 0 saturated carbocycles. The first-order valence-corrected chi connectivity index (χ1v) is 7.59. The minimum Gasteiger partial charge on any atom is -0.478 e. The largest absolute Gasteiger partial charge is 0.478 e. The first-order chi connectivity index (χ1) is 10.2. The lowest BCUT2D eigenvalue weighted by atomic mass is 9.93. The van der Waals surface area contributed by atoms with Crippen LogP contribution in [0.15, 0.2) is 36.5 Å². The topological polar surface area (TPSA) is 55.8 Å². The SMILES string of the molecule is CCC=CCOC[C@H]1COC[C@H]1CC=CC/C=C\C(=O)O. The van der Waals surface area contributed by atoms with Crippen LogP contribution < -0.4 is 0 Å². The van der Waals surface area contributed by atoms with Gasteiger partial charge in [-0.15, -0.1) is 0 Å². The van der Waals surface area contributed by atoms with Crippen LogP contribution in [0.5, 0.6) is 0 Å². The van der Waals surface area contributed by atoms with E-state index in [2.05, 4.69) is 25.2 Å². The molecule has 0 aromatic rings. The maximum absolute atomic E-state index is 10.3. The molecule has 1 N–H and O–H groups in total. The number of rotatable bonds is 10. The number of carboxylic acids is 1. The summed E-state index contributed by atoms with van der Waals surface area (Å²) in [7, 11) is 0. The highest BCUT2D eigenvalue weighted by atomic mass is 16.5. The van der Waals surface area contributed by atoms with E-state index in [9.17, 15) is 4.79 Å². The van der Waals surface area contributed by atoms with Crippen LogP contribution in [-0.4, -0.2) is 37.5 Å². The van der Waals surface area contributed by atoms with Crippen LogP contribution in [0.4, 0.5) is 0 Å². The summed E-state index contributed by atoms with van der Waals surface area (Å²) in [6, 6.07) is 0. The summed E-state index contributed by atoms with van der Waals surface area (Å²) in [5, 5.41) is 8.47. The molecule has 118 valence electrons. The van der Waals surface area contributed by atoms with Gasteiger partial charge >= 0.3 is 5.97 Å². The van der Waals surface area contributed by atoms with Crippen LogP contribution in [0.2, 0.25) is 0 Å². The molecule has 4 heteroatoms. The summed E-state index contributed by atoms with van der Waals surface area (Å²) >= 11 is 0. The third kappa shape index (κ3) is 8.48. The maximum Gasteiger partial charge on any atom is 0.327 e. The lowest BCUT2D eigenvalue weighted by molar-refractivity contribution is -0.131. The van der Waals surface area contributed by atoms with Gasteiger partial charge in [0.1, 0.15) is 0 Å². The second-order valence-corrected chi connectivity index (χ2v) is 5.16. The van der Waals surface area contributed by atoms with E-state index in [4.69, 9.17) is 14.6 Å². The monoisotopic (exact) mass is 294 g/mol. The molecule has 2 atom stereocenters. The van der Waals surface area contributed by atoms with Crippen LogP contribution in [0.3, 0.4) is 0 Å². The lowest BCUT2D eigenvalue weighted by Gasteiger charge is -2.15. The van der Waals surface area contributed by atoms with Crippen molar-refractivity contribution in [3.05, 3.63) is 36.5 Å². The number of hydrogen-bond acceptors (Lipinski definition) is 3. The summed E-state index contributed by atoms with van der Waals surface area (Å²) in [6.07, 6.45) is 13.7. The average molecular weight is 294 g/mol. The molecule has 0 aliphatic carbocycles. The molecule has 1 saturated heterocycles. The number of aliphatic carboxylic acids is 1. The normalized spacial score (nSPS) is 22.9. The van der Waals surface area contributed by atoms with E-state index in [1.54, 1.807) is 6.08 Å². The Bertz CT molecular complexity index is 371. The second kappa shape index (κ2) is 11.3. The Kier molecular flexibility index (Phi) is 9.49. The zero-order valence-corrected chi connectivity index (χ0v) is 12.7. The predicted molar refractivity (Wildman–Crippen MR) is 83.2 cm³/mol.